The lowest BCUT2D eigenvalue weighted by Crippen LogP contribution is -2.65. The third-order valence-electron chi connectivity index (χ3n) is 9.28. The fourth-order valence-electron chi connectivity index (χ4n) is 7.20. The van der Waals surface area contributed by atoms with Gasteiger partial charge in [-0.25, -0.2) is 4.79 Å². The van der Waals surface area contributed by atoms with Crippen molar-refractivity contribution < 1.29 is 23.6 Å². The minimum atomic E-state index is -0.502. The maximum absolute atomic E-state index is 13.2. The van der Waals surface area contributed by atoms with E-state index in [1.165, 1.54) is 6.42 Å². The Bertz CT molecular complexity index is 832. The summed E-state index contributed by atoms with van der Waals surface area (Å²) in [5.41, 5.74) is -0.432. The molecule has 3 saturated heterocycles. The van der Waals surface area contributed by atoms with E-state index >= 15 is 0 Å². The van der Waals surface area contributed by atoms with Crippen LogP contribution in [0.15, 0.2) is 0 Å². The molecule has 2 bridgehead atoms. The van der Waals surface area contributed by atoms with Crippen molar-refractivity contribution in [3.63, 3.8) is 0 Å². The van der Waals surface area contributed by atoms with Gasteiger partial charge < -0.3 is 29.2 Å². The molecule has 6 rings (SSSR count). The maximum Gasteiger partial charge on any atom is 0.481 e. The molecule has 0 unspecified atom stereocenters. The van der Waals surface area contributed by atoms with Crippen molar-refractivity contribution in [3.05, 3.63) is 0 Å². The van der Waals surface area contributed by atoms with Gasteiger partial charge in [-0.05, 0) is 77.0 Å². The van der Waals surface area contributed by atoms with Gasteiger partial charge in [0.25, 0.3) is 0 Å². The van der Waals surface area contributed by atoms with Crippen molar-refractivity contribution in [2.24, 2.45) is 17.3 Å². The SMILES string of the molecule is CC(C)(C)OC(=O)N1CC[C@H](NCC(=O)N2CCC[C@H]2B2O[C@@H]3C[C@@H]4C[C@H](C4(C)C)[C@]3(C)O2)C1. The first-order valence-corrected chi connectivity index (χ1v) is 13.2. The molecule has 3 aliphatic carbocycles. The summed E-state index contributed by atoms with van der Waals surface area (Å²) in [6.45, 7) is 14.8. The van der Waals surface area contributed by atoms with E-state index in [9.17, 15) is 9.59 Å². The summed E-state index contributed by atoms with van der Waals surface area (Å²) >= 11 is 0. The maximum atomic E-state index is 13.2. The number of carbonyl (C=O) groups is 2. The van der Waals surface area contributed by atoms with E-state index in [1.807, 2.05) is 25.7 Å². The zero-order valence-corrected chi connectivity index (χ0v) is 21.8. The average Bonchev–Trinajstić information content (AvgIpc) is 3.47. The van der Waals surface area contributed by atoms with E-state index in [0.29, 0.717) is 24.4 Å². The van der Waals surface area contributed by atoms with Crippen LogP contribution in [0.2, 0.25) is 0 Å². The predicted molar refractivity (Wildman–Crippen MR) is 129 cm³/mol. The minimum absolute atomic E-state index is 0.0149. The Kier molecular flexibility index (Phi) is 6.01. The third-order valence-corrected chi connectivity index (χ3v) is 9.28. The van der Waals surface area contributed by atoms with E-state index in [0.717, 1.165) is 38.1 Å². The molecule has 9 heteroatoms. The second-order valence-corrected chi connectivity index (χ2v) is 12.9. The van der Waals surface area contributed by atoms with Crippen molar-refractivity contribution in [1.82, 2.24) is 15.1 Å². The molecular weight excluding hydrogens is 433 g/mol. The van der Waals surface area contributed by atoms with Crippen LogP contribution >= 0.6 is 0 Å². The van der Waals surface area contributed by atoms with Crippen molar-refractivity contribution in [1.29, 1.82) is 0 Å². The number of ether oxygens (including phenoxy) is 1. The monoisotopic (exact) mass is 475 g/mol. The molecule has 2 amide bonds. The van der Waals surface area contributed by atoms with Crippen LogP contribution in [-0.4, -0.2) is 84.4 Å². The van der Waals surface area contributed by atoms with Gasteiger partial charge in [-0.3, -0.25) is 4.79 Å². The molecule has 190 valence electrons. The first-order chi connectivity index (χ1) is 15.9. The van der Waals surface area contributed by atoms with Crippen LogP contribution in [0.3, 0.4) is 0 Å². The second kappa shape index (κ2) is 8.37. The quantitative estimate of drug-likeness (QED) is 0.630. The van der Waals surface area contributed by atoms with Crippen LogP contribution in [0.1, 0.15) is 73.6 Å². The second-order valence-electron chi connectivity index (χ2n) is 12.9. The van der Waals surface area contributed by atoms with Crippen LogP contribution in [0.4, 0.5) is 4.79 Å². The molecule has 3 aliphatic heterocycles. The molecule has 0 aromatic carbocycles. The number of nitrogens with zero attached hydrogens (tertiary/aromatic N) is 2. The zero-order valence-electron chi connectivity index (χ0n) is 21.8. The van der Waals surface area contributed by atoms with E-state index in [2.05, 4.69) is 26.1 Å². The molecule has 6 atom stereocenters. The van der Waals surface area contributed by atoms with Crippen molar-refractivity contribution in [2.45, 2.75) is 103 Å². The summed E-state index contributed by atoms with van der Waals surface area (Å²) in [6, 6.07) is 0.104. The minimum Gasteiger partial charge on any atom is -0.444 e. The highest BCUT2D eigenvalue weighted by atomic mass is 16.7. The van der Waals surface area contributed by atoms with Crippen molar-refractivity contribution in [3.8, 4) is 0 Å². The van der Waals surface area contributed by atoms with E-state index in [4.69, 9.17) is 14.0 Å². The molecule has 6 fully saturated rings. The van der Waals surface area contributed by atoms with Crippen LogP contribution in [0, 0.1) is 17.3 Å². The number of rotatable bonds is 4. The fourth-order valence-corrected chi connectivity index (χ4v) is 7.20. The molecule has 0 radical (unpaired) electrons. The molecule has 0 spiro atoms. The van der Waals surface area contributed by atoms with Crippen LogP contribution < -0.4 is 5.32 Å². The molecule has 8 nitrogen and oxygen atoms in total. The molecular formula is C25H42BN3O5. The number of likely N-dealkylation sites (tertiary alicyclic amines) is 2. The molecule has 34 heavy (non-hydrogen) atoms. The predicted octanol–water partition coefficient (Wildman–Crippen LogP) is 2.84. The Morgan fingerprint density at radius 2 is 1.91 bits per heavy atom. The zero-order chi connectivity index (χ0) is 24.5. The van der Waals surface area contributed by atoms with Gasteiger partial charge in [-0.15, -0.1) is 0 Å². The first kappa shape index (κ1) is 24.4. The Labute approximate surface area is 204 Å². The molecule has 0 aromatic rings. The van der Waals surface area contributed by atoms with Crippen molar-refractivity contribution in [2.75, 3.05) is 26.2 Å². The van der Waals surface area contributed by atoms with Crippen molar-refractivity contribution >= 4 is 19.1 Å². The third kappa shape index (κ3) is 4.15. The summed E-state index contributed by atoms with van der Waals surface area (Å²) < 4.78 is 18.6. The van der Waals surface area contributed by atoms with Gasteiger partial charge in [0.05, 0.1) is 24.2 Å². The number of hydrogen-bond donors (Lipinski definition) is 1. The van der Waals surface area contributed by atoms with Gasteiger partial charge in [-0.2, -0.15) is 0 Å². The molecule has 1 N–H and O–H groups in total. The molecule has 3 saturated carbocycles. The fraction of sp³-hybridized carbons (Fsp3) is 0.920. The first-order valence-electron chi connectivity index (χ1n) is 13.2. The van der Waals surface area contributed by atoms with E-state index in [1.54, 1.807) is 4.90 Å². The lowest BCUT2D eigenvalue weighted by atomic mass is 9.43. The smallest absolute Gasteiger partial charge is 0.444 e. The molecule has 3 heterocycles. The lowest BCUT2D eigenvalue weighted by molar-refractivity contribution is -0.199. The summed E-state index contributed by atoms with van der Waals surface area (Å²) in [4.78, 5) is 29.2. The summed E-state index contributed by atoms with van der Waals surface area (Å²) in [5, 5.41) is 3.38. The van der Waals surface area contributed by atoms with Crippen LogP contribution in [0.25, 0.3) is 0 Å². The Hall–Kier alpha value is -1.32. The highest BCUT2D eigenvalue weighted by Crippen LogP contribution is 2.65. The average molecular weight is 475 g/mol. The highest BCUT2D eigenvalue weighted by Gasteiger charge is 2.69. The van der Waals surface area contributed by atoms with Gasteiger partial charge >= 0.3 is 13.2 Å². The Balaban J connectivity index is 1.13. The lowest BCUT2D eigenvalue weighted by Gasteiger charge is -2.64. The van der Waals surface area contributed by atoms with Gasteiger partial charge in [0.15, 0.2) is 0 Å². The number of carbonyl (C=O) groups excluding carboxylic acids is 2. The van der Waals surface area contributed by atoms with Crippen LogP contribution in [0.5, 0.6) is 0 Å². The normalized spacial score (nSPS) is 38.6. The van der Waals surface area contributed by atoms with Gasteiger partial charge in [-0.1, -0.05) is 13.8 Å². The van der Waals surface area contributed by atoms with E-state index < -0.39 is 5.60 Å². The number of hydrogen-bond acceptors (Lipinski definition) is 6. The van der Waals surface area contributed by atoms with Gasteiger partial charge in [0.1, 0.15) is 5.60 Å². The largest absolute Gasteiger partial charge is 0.481 e. The summed E-state index contributed by atoms with van der Waals surface area (Å²) in [7, 11) is -0.328. The molecule has 6 aliphatic rings. The Morgan fingerprint density at radius 1 is 1.15 bits per heavy atom. The van der Waals surface area contributed by atoms with Gasteiger partial charge in [0.2, 0.25) is 5.91 Å². The number of nitrogens with one attached hydrogen (secondary N) is 1. The van der Waals surface area contributed by atoms with E-state index in [-0.39, 0.29) is 49.4 Å². The molecule has 0 aromatic heterocycles. The summed E-state index contributed by atoms with van der Waals surface area (Å²) in [6.07, 6.45) is 4.88. The summed E-state index contributed by atoms with van der Waals surface area (Å²) in [5.74, 6) is 1.32. The topological polar surface area (TPSA) is 80.3 Å². The Morgan fingerprint density at radius 3 is 2.62 bits per heavy atom. The standard InChI is InChI=1S/C25H42BN3O5/c1-23(2,3)32-22(31)28-11-9-17(15-28)27-14-21(30)29-10-7-8-20(29)26-33-19-13-16-12-18(24(16,4)5)25(19,6)34-26/h16-20,27H,7-15H2,1-6H3/t16-,17-,18+,19+,20-,25-/m0/s1. The van der Waals surface area contributed by atoms with Crippen LogP contribution in [-0.2, 0) is 18.8 Å². The highest BCUT2D eigenvalue weighted by molar-refractivity contribution is 6.48. The van der Waals surface area contributed by atoms with Gasteiger partial charge in [0, 0.05) is 25.7 Å². The number of amides is 2.